The summed E-state index contributed by atoms with van der Waals surface area (Å²) in [5.41, 5.74) is 0.512. The molecule has 0 bridgehead atoms. The number of fused-ring (bicyclic) bond motifs is 2. The molecule has 0 spiro atoms. The van der Waals surface area contributed by atoms with Gasteiger partial charge in [-0.1, -0.05) is 40.5 Å². The van der Waals surface area contributed by atoms with Gasteiger partial charge in [-0.15, -0.1) is 0 Å². The summed E-state index contributed by atoms with van der Waals surface area (Å²) >= 11 is 0. The highest BCUT2D eigenvalue weighted by Gasteiger charge is 2.53. The maximum Gasteiger partial charge on any atom is 0.123 e. The summed E-state index contributed by atoms with van der Waals surface area (Å²) < 4.78 is 0. The van der Waals surface area contributed by atoms with Crippen molar-refractivity contribution in [1.29, 1.82) is 0 Å². The number of aldehydes is 1. The van der Waals surface area contributed by atoms with Crippen LogP contribution in [0.5, 0.6) is 0 Å². The Hall–Kier alpha value is -0.450. The third-order valence-electron chi connectivity index (χ3n) is 10.1. The van der Waals surface area contributed by atoms with Gasteiger partial charge < -0.3 is 20.1 Å². The van der Waals surface area contributed by atoms with Crippen molar-refractivity contribution < 1.29 is 20.1 Å². The molecule has 0 saturated heterocycles. The van der Waals surface area contributed by atoms with Crippen molar-refractivity contribution >= 4 is 6.29 Å². The molecule has 0 aromatic carbocycles. The van der Waals surface area contributed by atoms with E-state index in [0.717, 1.165) is 51.2 Å². The van der Waals surface area contributed by atoms with E-state index < -0.39 is 0 Å². The van der Waals surface area contributed by atoms with Crippen LogP contribution in [0.3, 0.4) is 0 Å². The van der Waals surface area contributed by atoms with Crippen LogP contribution in [0.1, 0.15) is 91.9 Å². The number of hydrogen-bond donors (Lipinski definition) is 3. The van der Waals surface area contributed by atoms with Crippen LogP contribution >= 0.6 is 0 Å². The van der Waals surface area contributed by atoms with Crippen LogP contribution in [0.15, 0.2) is 0 Å². The van der Waals surface area contributed by atoms with Crippen LogP contribution in [0, 0.1) is 46.3 Å². The number of carbonyl (C=O) groups is 1. The third kappa shape index (κ3) is 4.26. The van der Waals surface area contributed by atoms with E-state index in [1.54, 1.807) is 0 Å². The quantitative estimate of drug-likeness (QED) is 0.579. The molecule has 4 saturated carbocycles. The summed E-state index contributed by atoms with van der Waals surface area (Å²) in [6, 6.07) is 0. The van der Waals surface area contributed by atoms with Gasteiger partial charge in [-0.05, 0) is 91.8 Å². The normalized spacial score (nSPS) is 47.4. The average molecular weight is 423 g/mol. The third-order valence-corrected chi connectivity index (χ3v) is 10.1. The van der Waals surface area contributed by atoms with Gasteiger partial charge in [0.25, 0.3) is 0 Å². The smallest absolute Gasteiger partial charge is 0.123 e. The molecule has 4 aliphatic carbocycles. The fourth-order valence-corrected chi connectivity index (χ4v) is 8.40. The first-order valence-corrected chi connectivity index (χ1v) is 12.6. The van der Waals surface area contributed by atoms with Crippen molar-refractivity contribution in [2.75, 3.05) is 6.61 Å². The van der Waals surface area contributed by atoms with Gasteiger partial charge in [0.1, 0.15) is 6.29 Å². The molecule has 4 aliphatic rings. The lowest BCUT2D eigenvalue weighted by molar-refractivity contribution is -0.114. The number of carbonyl (C=O) groups excluding carboxylic acids is 1. The van der Waals surface area contributed by atoms with E-state index in [9.17, 15) is 20.1 Å². The monoisotopic (exact) mass is 422 g/mol. The zero-order valence-electron chi connectivity index (χ0n) is 19.7. The second kappa shape index (κ2) is 9.58. The summed E-state index contributed by atoms with van der Waals surface area (Å²) in [7, 11) is 0. The first kappa shape index (κ1) is 24.2. The minimum Gasteiger partial charge on any atom is -0.396 e. The van der Waals surface area contributed by atoms with Gasteiger partial charge >= 0.3 is 0 Å². The minimum absolute atomic E-state index is 0.0837. The van der Waals surface area contributed by atoms with Crippen molar-refractivity contribution in [3.8, 4) is 0 Å². The van der Waals surface area contributed by atoms with E-state index in [2.05, 4.69) is 20.8 Å². The van der Waals surface area contributed by atoms with Crippen LogP contribution in [0.2, 0.25) is 0 Å². The fourth-order valence-electron chi connectivity index (χ4n) is 8.40. The van der Waals surface area contributed by atoms with E-state index in [-0.39, 0.29) is 23.5 Å². The Kier molecular flexibility index (Phi) is 7.73. The van der Waals surface area contributed by atoms with Crippen molar-refractivity contribution in [3.05, 3.63) is 0 Å². The molecule has 30 heavy (non-hydrogen) atoms. The van der Waals surface area contributed by atoms with Crippen molar-refractivity contribution in [1.82, 2.24) is 0 Å². The fraction of sp³-hybridized carbons (Fsp3) is 0.962. The topological polar surface area (TPSA) is 77.8 Å². The van der Waals surface area contributed by atoms with E-state index in [4.69, 9.17) is 0 Å². The van der Waals surface area contributed by atoms with E-state index >= 15 is 0 Å². The summed E-state index contributed by atoms with van der Waals surface area (Å²) in [5, 5.41) is 29.4. The van der Waals surface area contributed by atoms with Crippen LogP contribution in [-0.2, 0) is 4.79 Å². The number of hydrogen-bond acceptors (Lipinski definition) is 4. The SMILES string of the molecule is C[C@@H](CO)C1CCC2C(O)CCCC21C.C[C@H](C=O)[C@H]1CCC2C(O)CCCC21C. The molecule has 0 aliphatic heterocycles. The van der Waals surface area contributed by atoms with Gasteiger partial charge in [-0.25, -0.2) is 0 Å². The van der Waals surface area contributed by atoms with Gasteiger partial charge in [0.15, 0.2) is 0 Å². The van der Waals surface area contributed by atoms with Crippen LogP contribution in [0.4, 0.5) is 0 Å². The molecule has 174 valence electrons. The average Bonchev–Trinajstić information content (AvgIpc) is 3.26. The Morgan fingerprint density at radius 1 is 0.833 bits per heavy atom. The summed E-state index contributed by atoms with van der Waals surface area (Å²) in [4.78, 5) is 10.9. The minimum atomic E-state index is -0.118. The van der Waals surface area contributed by atoms with Crippen LogP contribution in [0.25, 0.3) is 0 Å². The maximum absolute atomic E-state index is 10.9. The highest BCUT2D eigenvalue weighted by atomic mass is 16.3. The molecule has 10 atom stereocenters. The maximum atomic E-state index is 10.9. The second-order valence-electron chi connectivity index (χ2n) is 11.7. The Balaban J connectivity index is 0.000000171. The molecule has 0 radical (unpaired) electrons. The Morgan fingerprint density at radius 2 is 1.30 bits per heavy atom. The number of aliphatic hydroxyl groups is 3. The summed E-state index contributed by atoms with van der Waals surface area (Å²) in [6.07, 6.45) is 12.1. The molecule has 4 rings (SSSR count). The van der Waals surface area contributed by atoms with Gasteiger partial charge in [0.05, 0.1) is 12.2 Å². The molecular formula is C26H46O4. The van der Waals surface area contributed by atoms with Gasteiger partial charge in [-0.3, -0.25) is 0 Å². The molecule has 0 aromatic heterocycles. The Labute approximate surface area is 183 Å². The van der Waals surface area contributed by atoms with Gasteiger partial charge in [-0.2, -0.15) is 0 Å². The Morgan fingerprint density at radius 3 is 1.77 bits per heavy atom. The summed E-state index contributed by atoms with van der Waals surface area (Å²) in [6.45, 7) is 9.11. The van der Waals surface area contributed by atoms with Crippen LogP contribution < -0.4 is 0 Å². The molecule has 3 N–H and O–H groups in total. The largest absolute Gasteiger partial charge is 0.396 e. The van der Waals surface area contributed by atoms with Gasteiger partial charge in [0, 0.05) is 12.5 Å². The molecule has 4 nitrogen and oxygen atoms in total. The van der Waals surface area contributed by atoms with E-state index in [1.165, 1.54) is 19.3 Å². The van der Waals surface area contributed by atoms with E-state index in [1.807, 2.05) is 6.92 Å². The lowest BCUT2D eigenvalue weighted by Gasteiger charge is -2.45. The molecule has 0 aromatic rings. The van der Waals surface area contributed by atoms with E-state index in [0.29, 0.717) is 41.6 Å². The summed E-state index contributed by atoms with van der Waals surface area (Å²) in [5.74, 6) is 2.59. The zero-order valence-corrected chi connectivity index (χ0v) is 19.7. The molecule has 4 fully saturated rings. The van der Waals surface area contributed by atoms with Crippen molar-refractivity contribution in [2.24, 2.45) is 46.3 Å². The highest BCUT2D eigenvalue weighted by molar-refractivity contribution is 5.53. The van der Waals surface area contributed by atoms with Crippen molar-refractivity contribution in [2.45, 2.75) is 104 Å². The number of rotatable bonds is 4. The molecule has 0 heterocycles. The molecular weight excluding hydrogens is 376 g/mol. The molecule has 0 amide bonds. The molecule has 4 heteroatoms. The number of aliphatic hydroxyl groups excluding tert-OH is 3. The zero-order chi connectivity index (χ0) is 22.1. The lowest BCUT2D eigenvalue weighted by Crippen LogP contribution is -2.41. The predicted molar refractivity (Wildman–Crippen MR) is 120 cm³/mol. The standard InChI is InChI=1S/C13H24O2.C13H22O2/c2*1-9(8-14)10-5-6-11-12(15)4-3-7-13(10,11)2/h9-12,14-15H,3-8H2,1-2H3;8-12,15H,3-7H2,1-2H3/t9-,10?,11?,12?,13?;9-,10-,11?,12?,13?/m01/s1. The van der Waals surface area contributed by atoms with Crippen LogP contribution in [-0.4, -0.2) is 40.4 Å². The Bertz CT molecular complexity index is 579. The van der Waals surface area contributed by atoms with Gasteiger partial charge in [0.2, 0.25) is 0 Å². The lowest BCUT2D eigenvalue weighted by atomic mass is 9.62. The second-order valence-corrected chi connectivity index (χ2v) is 11.7. The predicted octanol–water partition coefficient (Wildman–Crippen LogP) is 4.59. The first-order chi connectivity index (χ1) is 14.2. The molecule has 7 unspecified atom stereocenters. The van der Waals surface area contributed by atoms with Crippen molar-refractivity contribution in [3.63, 3.8) is 0 Å². The first-order valence-electron chi connectivity index (χ1n) is 12.6. The highest BCUT2D eigenvalue weighted by Crippen LogP contribution is 2.58.